The molecule has 2 atom stereocenters. The summed E-state index contributed by atoms with van der Waals surface area (Å²) >= 11 is 0. The lowest BCUT2D eigenvalue weighted by molar-refractivity contribution is -0.122. The number of rotatable bonds is 4. The maximum atomic E-state index is 12.0. The van der Waals surface area contributed by atoms with Crippen molar-refractivity contribution in [3.63, 3.8) is 0 Å². The zero-order valence-electron chi connectivity index (χ0n) is 11.9. The smallest absolute Gasteiger partial charge is 0.220 e. The van der Waals surface area contributed by atoms with Gasteiger partial charge in [0.2, 0.25) is 5.91 Å². The number of para-hydroxylation sites is 1. The third kappa shape index (κ3) is 3.65. The molecule has 1 saturated carbocycles. The van der Waals surface area contributed by atoms with E-state index >= 15 is 0 Å². The molecule has 4 nitrogen and oxygen atoms in total. The fourth-order valence-electron chi connectivity index (χ4n) is 2.92. The lowest BCUT2D eigenvalue weighted by Gasteiger charge is -2.28. The van der Waals surface area contributed by atoms with Gasteiger partial charge < -0.3 is 15.5 Å². The molecule has 0 heterocycles. The van der Waals surface area contributed by atoms with Crippen molar-refractivity contribution in [1.82, 2.24) is 5.32 Å². The molecule has 2 rings (SSSR count). The van der Waals surface area contributed by atoms with Crippen LogP contribution in [0.1, 0.15) is 44.6 Å². The molecule has 1 aliphatic rings. The maximum absolute atomic E-state index is 12.0. The van der Waals surface area contributed by atoms with Crippen molar-refractivity contribution >= 4 is 5.91 Å². The molecule has 0 saturated heterocycles. The standard InChI is InChI=1S/C16H23NO3/c1-11-5-2-3-6-12(11)9-15(19)17-10-13-7-4-8-14(18)16(13)20/h4,7-8,11-12,18,20H,2-3,5-6,9-10H2,1H3,(H,17,19). The van der Waals surface area contributed by atoms with Gasteiger partial charge in [-0.25, -0.2) is 0 Å². The van der Waals surface area contributed by atoms with E-state index in [4.69, 9.17) is 0 Å². The van der Waals surface area contributed by atoms with Crippen LogP contribution in [0.4, 0.5) is 0 Å². The summed E-state index contributed by atoms with van der Waals surface area (Å²) in [6.45, 7) is 2.47. The van der Waals surface area contributed by atoms with Gasteiger partial charge in [-0.2, -0.15) is 0 Å². The summed E-state index contributed by atoms with van der Waals surface area (Å²) in [6.07, 6.45) is 5.39. The number of amides is 1. The number of phenolic OH excluding ortho intramolecular Hbond substituents is 2. The van der Waals surface area contributed by atoms with Gasteiger partial charge in [0.25, 0.3) is 0 Å². The van der Waals surface area contributed by atoms with Crippen molar-refractivity contribution in [2.75, 3.05) is 0 Å². The minimum Gasteiger partial charge on any atom is -0.504 e. The first-order valence-electron chi connectivity index (χ1n) is 7.34. The highest BCUT2D eigenvalue weighted by molar-refractivity contribution is 5.76. The molecule has 20 heavy (non-hydrogen) atoms. The molecule has 0 aromatic heterocycles. The molecule has 1 aliphatic carbocycles. The van der Waals surface area contributed by atoms with Crippen LogP contribution in [-0.4, -0.2) is 16.1 Å². The topological polar surface area (TPSA) is 69.6 Å². The van der Waals surface area contributed by atoms with Crippen molar-refractivity contribution in [3.8, 4) is 11.5 Å². The average Bonchev–Trinajstić information content (AvgIpc) is 2.43. The molecule has 4 heteroatoms. The van der Waals surface area contributed by atoms with Crippen molar-refractivity contribution in [3.05, 3.63) is 23.8 Å². The zero-order valence-corrected chi connectivity index (χ0v) is 11.9. The summed E-state index contributed by atoms with van der Waals surface area (Å²) < 4.78 is 0. The lowest BCUT2D eigenvalue weighted by Crippen LogP contribution is -2.28. The van der Waals surface area contributed by atoms with Crippen molar-refractivity contribution in [2.45, 2.75) is 45.6 Å². The second-order valence-corrected chi connectivity index (χ2v) is 5.79. The number of carbonyl (C=O) groups is 1. The number of nitrogens with one attached hydrogen (secondary N) is 1. The zero-order chi connectivity index (χ0) is 14.5. The van der Waals surface area contributed by atoms with Crippen LogP contribution in [-0.2, 0) is 11.3 Å². The van der Waals surface area contributed by atoms with E-state index in [0.717, 1.165) is 6.42 Å². The Hall–Kier alpha value is -1.71. The highest BCUT2D eigenvalue weighted by atomic mass is 16.3. The van der Waals surface area contributed by atoms with Gasteiger partial charge in [-0.3, -0.25) is 4.79 Å². The summed E-state index contributed by atoms with van der Waals surface area (Å²) in [4.78, 5) is 12.0. The van der Waals surface area contributed by atoms with E-state index in [-0.39, 0.29) is 24.0 Å². The molecule has 0 spiro atoms. The molecule has 1 fully saturated rings. The molecule has 2 unspecified atom stereocenters. The minimum atomic E-state index is -0.155. The van der Waals surface area contributed by atoms with E-state index < -0.39 is 0 Å². The Morgan fingerprint density at radius 3 is 2.80 bits per heavy atom. The summed E-state index contributed by atoms with van der Waals surface area (Å²) in [6, 6.07) is 4.77. The molecule has 110 valence electrons. The van der Waals surface area contributed by atoms with Gasteiger partial charge in [0.05, 0.1) is 0 Å². The molecule has 1 amide bonds. The van der Waals surface area contributed by atoms with E-state index in [2.05, 4.69) is 12.2 Å². The summed E-state index contributed by atoms with van der Waals surface area (Å²) in [7, 11) is 0. The fraction of sp³-hybridized carbons (Fsp3) is 0.562. The molecule has 0 aliphatic heterocycles. The van der Waals surface area contributed by atoms with Crippen LogP contribution in [0.25, 0.3) is 0 Å². The monoisotopic (exact) mass is 277 g/mol. The van der Waals surface area contributed by atoms with Gasteiger partial charge in [-0.1, -0.05) is 38.3 Å². The predicted molar refractivity (Wildman–Crippen MR) is 77.4 cm³/mol. The molecular weight excluding hydrogens is 254 g/mol. The van der Waals surface area contributed by atoms with Crippen LogP contribution in [0.3, 0.4) is 0 Å². The second-order valence-electron chi connectivity index (χ2n) is 5.79. The number of hydrogen-bond acceptors (Lipinski definition) is 3. The van der Waals surface area contributed by atoms with Crippen LogP contribution >= 0.6 is 0 Å². The SMILES string of the molecule is CC1CCCCC1CC(=O)NCc1cccc(O)c1O. The summed E-state index contributed by atoms with van der Waals surface area (Å²) in [5.74, 6) is 0.799. The Kier molecular flexibility index (Phi) is 4.88. The molecule has 3 N–H and O–H groups in total. The fourth-order valence-corrected chi connectivity index (χ4v) is 2.92. The predicted octanol–water partition coefficient (Wildman–Crippen LogP) is 2.93. The number of phenols is 2. The van der Waals surface area contributed by atoms with E-state index in [9.17, 15) is 15.0 Å². The highest BCUT2D eigenvalue weighted by Crippen LogP contribution is 2.32. The maximum Gasteiger partial charge on any atom is 0.220 e. The number of carbonyl (C=O) groups excluding carboxylic acids is 1. The summed E-state index contributed by atoms with van der Waals surface area (Å²) in [5.41, 5.74) is 0.537. The van der Waals surface area contributed by atoms with Crippen LogP contribution in [0, 0.1) is 11.8 Å². The first kappa shape index (κ1) is 14.7. The lowest BCUT2D eigenvalue weighted by atomic mass is 9.78. The van der Waals surface area contributed by atoms with E-state index in [1.807, 2.05) is 0 Å². The van der Waals surface area contributed by atoms with Crippen LogP contribution in [0.2, 0.25) is 0 Å². The number of aromatic hydroxyl groups is 2. The molecule has 0 bridgehead atoms. The van der Waals surface area contributed by atoms with Gasteiger partial charge in [0.1, 0.15) is 0 Å². The number of hydrogen-bond donors (Lipinski definition) is 3. The van der Waals surface area contributed by atoms with Crippen molar-refractivity contribution < 1.29 is 15.0 Å². The van der Waals surface area contributed by atoms with Crippen LogP contribution in [0.5, 0.6) is 11.5 Å². The second kappa shape index (κ2) is 6.64. The quantitative estimate of drug-likeness (QED) is 0.741. The minimum absolute atomic E-state index is 0.0199. The highest BCUT2D eigenvalue weighted by Gasteiger charge is 2.23. The Labute approximate surface area is 119 Å². The summed E-state index contributed by atoms with van der Waals surface area (Å²) in [5, 5.41) is 21.9. The van der Waals surface area contributed by atoms with Gasteiger partial charge >= 0.3 is 0 Å². The molecule has 0 radical (unpaired) electrons. The molecular formula is C16H23NO3. The average molecular weight is 277 g/mol. The largest absolute Gasteiger partial charge is 0.504 e. The van der Waals surface area contributed by atoms with Gasteiger partial charge in [0, 0.05) is 18.5 Å². The third-order valence-corrected chi connectivity index (χ3v) is 4.31. The first-order valence-corrected chi connectivity index (χ1v) is 7.34. The Balaban J connectivity index is 1.84. The Morgan fingerprint density at radius 1 is 1.30 bits per heavy atom. The molecule has 1 aromatic rings. The van der Waals surface area contributed by atoms with Gasteiger partial charge in [0.15, 0.2) is 11.5 Å². The van der Waals surface area contributed by atoms with Gasteiger partial charge in [-0.05, 0) is 24.3 Å². The van der Waals surface area contributed by atoms with E-state index in [1.54, 1.807) is 12.1 Å². The number of benzene rings is 1. The molecule has 1 aromatic carbocycles. The van der Waals surface area contributed by atoms with E-state index in [0.29, 0.717) is 23.8 Å². The Bertz CT molecular complexity index is 473. The van der Waals surface area contributed by atoms with Crippen molar-refractivity contribution in [2.24, 2.45) is 11.8 Å². The van der Waals surface area contributed by atoms with Crippen LogP contribution in [0.15, 0.2) is 18.2 Å². The van der Waals surface area contributed by atoms with Crippen LogP contribution < -0.4 is 5.32 Å². The van der Waals surface area contributed by atoms with E-state index in [1.165, 1.54) is 25.3 Å². The normalized spacial score (nSPS) is 22.4. The third-order valence-electron chi connectivity index (χ3n) is 4.31. The van der Waals surface area contributed by atoms with Crippen molar-refractivity contribution in [1.29, 1.82) is 0 Å². The Morgan fingerprint density at radius 2 is 2.05 bits per heavy atom. The van der Waals surface area contributed by atoms with Gasteiger partial charge in [-0.15, -0.1) is 0 Å². The first-order chi connectivity index (χ1) is 9.58.